The van der Waals surface area contributed by atoms with Gasteiger partial charge < -0.3 is 10.6 Å². The molecule has 0 saturated heterocycles. The Morgan fingerprint density at radius 3 is 2.31 bits per heavy atom. The van der Waals surface area contributed by atoms with E-state index in [-0.39, 0.29) is 0 Å². The molecule has 0 amide bonds. The fraction of sp³-hybridized carbons (Fsp3) is 0.300. The maximum absolute atomic E-state index is 5.57. The van der Waals surface area contributed by atoms with Crippen molar-refractivity contribution in [3.8, 4) is 0 Å². The predicted octanol–water partition coefficient (Wildman–Crippen LogP) is 2.06. The molecule has 2 N–H and O–H groups in total. The molecule has 0 atom stereocenters. The minimum absolute atomic E-state index is 0.423. The number of aryl methyl sites for hydroxylation is 1. The Morgan fingerprint density at radius 1 is 1.38 bits per heavy atom. The van der Waals surface area contributed by atoms with Gasteiger partial charge in [0, 0.05) is 12.2 Å². The van der Waals surface area contributed by atoms with Crippen LogP contribution >= 0.6 is 12.2 Å². The van der Waals surface area contributed by atoms with E-state index in [1.165, 1.54) is 5.56 Å². The molecule has 0 aliphatic heterocycles. The number of nitrogens with two attached hydrogens (primary N) is 1. The number of hydrogen-bond donors (Lipinski definition) is 1. The quantitative estimate of drug-likeness (QED) is 0.731. The molecule has 13 heavy (non-hydrogen) atoms. The van der Waals surface area contributed by atoms with Crippen LogP contribution in [0.15, 0.2) is 24.3 Å². The maximum Gasteiger partial charge on any atom is 0.170 e. The zero-order chi connectivity index (χ0) is 9.84. The van der Waals surface area contributed by atoms with Gasteiger partial charge in [-0.15, -0.1) is 0 Å². The number of anilines is 1. The Kier molecular flexibility index (Phi) is 3.25. The van der Waals surface area contributed by atoms with Crippen LogP contribution in [0.1, 0.15) is 12.5 Å². The Bertz CT molecular complexity index is 292. The Balaban J connectivity index is 2.92. The minimum Gasteiger partial charge on any atom is -0.376 e. The van der Waals surface area contributed by atoms with Crippen LogP contribution in [0, 0.1) is 6.92 Å². The minimum atomic E-state index is 0.423. The van der Waals surface area contributed by atoms with Crippen LogP contribution in [0.5, 0.6) is 0 Å². The van der Waals surface area contributed by atoms with Crippen LogP contribution in [0.25, 0.3) is 0 Å². The first-order valence-corrected chi connectivity index (χ1v) is 4.69. The number of rotatable bonds is 2. The second-order valence-electron chi connectivity index (χ2n) is 2.92. The SMILES string of the molecule is CCN(C(N)=S)c1ccc(C)cc1. The lowest BCUT2D eigenvalue weighted by atomic mass is 10.2. The monoisotopic (exact) mass is 194 g/mol. The Labute approximate surface area is 84.3 Å². The average molecular weight is 194 g/mol. The van der Waals surface area contributed by atoms with Crippen LogP contribution in [0.3, 0.4) is 0 Å². The summed E-state index contributed by atoms with van der Waals surface area (Å²) >= 11 is 4.93. The molecular formula is C10H14N2S. The van der Waals surface area contributed by atoms with Crippen molar-refractivity contribution < 1.29 is 0 Å². The largest absolute Gasteiger partial charge is 0.376 e. The van der Waals surface area contributed by atoms with Crippen LogP contribution in [0.4, 0.5) is 5.69 Å². The van der Waals surface area contributed by atoms with Crippen molar-refractivity contribution in [3.63, 3.8) is 0 Å². The summed E-state index contributed by atoms with van der Waals surface area (Å²) in [6.45, 7) is 4.89. The molecule has 0 radical (unpaired) electrons. The van der Waals surface area contributed by atoms with Crippen molar-refractivity contribution in [3.05, 3.63) is 29.8 Å². The topological polar surface area (TPSA) is 29.3 Å². The molecule has 0 saturated carbocycles. The lowest BCUT2D eigenvalue weighted by molar-refractivity contribution is 1.06. The molecule has 0 aromatic heterocycles. The molecule has 0 fully saturated rings. The summed E-state index contributed by atoms with van der Waals surface area (Å²) in [4.78, 5) is 1.90. The van der Waals surface area contributed by atoms with E-state index in [4.69, 9.17) is 18.0 Å². The summed E-state index contributed by atoms with van der Waals surface area (Å²) in [5.41, 5.74) is 7.87. The van der Waals surface area contributed by atoms with Crippen molar-refractivity contribution in [2.45, 2.75) is 13.8 Å². The van der Waals surface area contributed by atoms with Crippen molar-refractivity contribution in [2.75, 3.05) is 11.4 Å². The van der Waals surface area contributed by atoms with E-state index in [1.54, 1.807) is 0 Å². The number of hydrogen-bond acceptors (Lipinski definition) is 1. The highest BCUT2D eigenvalue weighted by Crippen LogP contribution is 2.14. The number of thiocarbonyl (C=S) groups is 1. The molecule has 70 valence electrons. The lowest BCUT2D eigenvalue weighted by Crippen LogP contribution is -2.35. The Hall–Kier alpha value is -1.09. The van der Waals surface area contributed by atoms with Gasteiger partial charge in [-0.3, -0.25) is 0 Å². The summed E-state index contributed by atoms with van der Waals surface area (Å²) in [6, 6.07) is 8.16. The van der Waals surface area contributed by atoms with E-state index >= 15 is 0 Å². The van der Waals surface area contributed by atoms with Gasteiger partial charge in [0.1, 0.15) is 0 Å². The summed E-state index contributed by atoms with van der Waals surface area (Å²) < 4.78 is 0. The van der Waals surface area contributed by atoms with Gasteiger partial charge in [0.15, 0.2) is 5.11 Å². The second-order valence-corrected chi connectivity index (χ2v) is 3.34. The van der Waals surface area contributed by atoms with Crippen molar-refractivity contribution in [2.24, 2.45) is 5.73 Å². The van der Waals surface area contributed by atoms with Crippen LogP contribution in [-0.4, -0.2) is 11.7 Å². The summed E-state index contributed by atoms with van der Waals surface area (Å²) in [5.74, 6) is 0. The molecule has 0 bridgehead atoms. The number of benzene rings is 1. The third kappa shape index (κ3) is 2.42. The molecule has 0 aliphatic rings. The van der Waals surface area contributed by atoms with Crippen molar-refractivity contribution >= 4 is 23.0 Å². The zero-order valence-corrected chi connectivity index (χ0v) is 8.77. The van der Waals surface area contributed by atoms with Crippen LogP contribution in [-0.2, 0) is 0 Å². The molecule has 0 heterocycles. The van der Waals surface area contributed by atoms with Crippen molar-refractivity contribution in [1.82, 2.24) is 0 Å². The van der Waals surface area contributed by atoms with E-state index in [1.807, 2.05) is 24.0 Å². The lowest BCUT2D eigenvalue weighted by Gasteiger charge is -2.20. The summed E-state index contributed by atoms with van der Waals surface area (Å²) in [6.07, 6.45) is 0. The highest BCUT2D eigenvalue weighted by molar-refractivity contribution is 7.80. The van der Waals surface area contributed by atoms with Gasteiger partial charge in [0.25, 0.3) is 0 Å². The first-order chi connectivity index (χ1) is 6.15. The fourth-order valence-corrected chi connectivity index (χ4v) is 1.42. The molecule has 0 spiro atoms. The second kappa shape index (κ2) is 4.23. The predicted molar refractivity (Wildman–Crippen MR) is 61.0 cm³/mol. The van der Waals surface area contributed by atoms with Gasteiger partial charge >= 0.3 is 0 Å². The molecular weight excluding hydrogens is 180 g/mol. The molecule has 1 aromatic carbocycles. The van der Waals surface area contributed by atoms with Gasteiger partial charge in [-0.2, -0.15) is 0 Å². The summed E-state index contributed by atoms with van der Waals surface area (Å²) in [7, 11) is 0. The third-order valence-corrected chi connectivity index (χ3v) is 2.15. The molecule has 2 nitrogen and oxygen atoms in total. The van der Waals surface area contributed by atoms with Crippen LogP contribution < -0.4 is 10.6 Å². The zero-order valence-electron chi connectivity index (χ0n) is 7.95. The van der Waals surface area contributed by atoms with Crippen LogP contribution in [0.2, 0.25) is 0 Å². The average Bonchev–Trinajstić information content (AvgIpc) is 2.09. The first-order valence-electron chi connectivity index (χ1n) is 4.28. The van der Waals surface area contributed by atoms with Gasteiger partial charge in [0.05, 0.1) is 0 Å². The van der Waals surface area contributed by atoms with Crippen molar-refractivity contribution in [1.29, 1.82) is 0 Å². The normalized spacial score (nSPS) is 9.69. The summed E-state index contributed by atoms with van der Waals surface area (Å²) in [5, 5.41) is 0.423. The smallest absolute Gasteiger partial charge is 0.170 e. The van der Waals surface area contributed by atoms with Gasteiger partial charge in [0.2, 0.25) is 0 Å². The Morgan fingerprint density at radius 2 is 1.92 bits per heavy atom. The highest BCUT2D eigenvalue weighted by atomic mass is 32.1. The van der Waals surface area contributed by atoms with E-state index in [0.717, 1.165) is 12.2 Å². The molecule has 0 unspecified atom stereocenters. The van der Waals surface area contributed by atoms with E-state index in [0.29, 0.717) is 5.11 Å². The van der Waals surface area contributed by atoms with E-state index in [2.05, 4.69) is 19.1 Å². The van der Waals surface area contributed by atoms with Gasteiger partial charge in [-0.1, -0.05) is 17.7 Å². The van der Waals surface area contributed by atoms with Gasteiger partial charge in [-0.25, -0.2) is 0 Å². The standard InChI is InChI=1S/C10H14N2S/c1-3-12(10(11)13)9-6-4-8(2)5-7-9/h4-7H,3H2,1-2H3,(H2,11,13). The molecule has 0 aliphatic carbocycles. The number of nitrogens with zero attached hydrogens (tertiary/aromatic N) is 1. The van der Waals surface area contributed by atoms with E-state index < -0.39 is 0 Å². The molecule has 1 aromatic rings. The van der Waals surface area contributed by atoms with Gasteiger partial charge in [-0.05, 0) is 38.2 Å². The first kappa shape index (κ1) is 9.99. The highest BCUT2D eigenvalue weighted by Gasteiger charge is 2.04. The molecule has 3 heteroatoms. The fourth-order valence-electron chi connectivity index (χ4n) is 1.19. The third-order valence-electron chi connectivity index (χ3n) is 1.93. The molecule has 1 rings (SSSR count). The van der Waals surface area contributed by atoms with E-state index in [9.17, 15) is 0 Å². The maximum atomic E-state index is 5.57.